The van der Waals surface area contributed by atoms with E-state index in [0.29, 0.717) is 11.4 Å². The second-order valence-electron chi connectivity index (χ2n) is 13.0. The molecule has 2 atom stereocenters. The number of β-lactam (4-membered cyclic amide) rings is 1. The lowest BCUT2D eigenvalue weighted by Gasteiger charge is -2.53. The molecule has 1 N–H and O–H groups in total. The van der Waals surface area contributed by atoms with Crippen LogP contribution in [0.15, 0.2) is 175 Å². The highest BCUT2D eigenvalue weighted by Gasteiger charge is 2.56. The van der Waals surface area contributed by atoms with Crippen molar-refractivity contribution in [1.82, 2.24) is 15.1 Å². The van der Waals surface area contributed by atoms with E-state index in [9.17, 15) is 9.59 Å². The molecule has 0 radical (unpaired) electrons. The van der Waals surface area contributed by atoms with Crippen LogP contribution in [0.2, 0.25) is 0 Å². The molecule has 2 aliphatic heterocycles. The number of fused-ring (bicyclic) bond motifs is 1. The summed E-state index contributed by atoms with van der Waals surface area (Å²) in [4.78, 5) is 32.9. The minimum absolute atomic E-state index is 0.171. The monoisotopic (exact) mass is 691 g/mol. The third-order valence-corrected chi connectivity index (χ3v) is 11.0. The highest BCUT2D eigenvalue weighted by atomic mass is 32.2. The summed E-state index contributed by atoms with van der Waals surface area (Å²) in [5.41, 5.74) is 5.95. The number of amides is 1. The van der Waals surface area contributed by atoms with Gasteiger partial charge in [-0.15, -0.1) is 11.8 Å². The predicted molar refractivity (Wildman–Crippen MR) is 205 cm³/mol. The van der Waals surface area contributed by atoms with E-state index in [1.807, 2.05) is 147 Å². The first-order valence-electron chi connectivity index (χ1n) is 17.2. The summed E-state index contributed by atoms with van der Waals surface area (Å²) in [6.45, 7) is 2.00. The Labute approximate surface area is 304 Å². The lowest BCUT2D eigenvalue weighted by atomic mass is 9.76. The van der Waals surface area contributed by atoms with E-state index in [-0.39, 0.29) is 11.3 Å². The standard InChI is InChI=1S/C44H41N3O3S/c1-31(46(2)3)29-34-30-51-42-38(45-44(35-23-13-6-14-24-35,36-25-15-7-16-26-36)37-27-17-8-18-28-37)41(48)47(42)39(34)43(49)50-40(32-19-9-4-10-20-32)33-21-11-5-12-22-33/h4-29,38,40,42,45H,30H2,1-3H3/b31-29+. The van der Waals surface area contributed by atoms with E-state index in [2.05, 4.69) is 41.7 Å². The lowest BCUT2D eigenvalue weighted by molar-refractivity contribution is -0.154. The van der Waals surface area contributed by atoms with Gasteiger partial charge in [-0.1, -0.05) is 152 Å². The summed E-state index contributed by atoms with van der Waals surface area (Å²) in [7, 11) is 3.93. The van der Waals surface area contributed by atoms with Crippen molar-refractivity contribution in [2.75, 3.05) is 19.8 Å². The van der Waals surface area contributed by atoms with E-state index in [4.69, 9.17) is 4.74 Å². The summed E-state index contributed by atoms with van der Waals surface area (Å²) in [5, 5.41) is 3.55. The highest BCUT2D eigenvalue weighted by Crippen LogP contribution is 2.46. The van der Waals surface area contributed by atoms with Crippen LogP contribution in [0, 0.1) is 0 Å². The molecule has 5 aromatic carbocycles. The average Bonchev–Trinajstić information content (AvgIpc) is 3.18. The first-order chi connectivity index (χ1) is 24.9. The number of nitrogens with one attached hydrogen (secondary N) is 1. The molecule has 0 aliphatic carbocycles. The molecule has 5 aromatic rings. The zero-order valence-electron chi connectivity index (χ0n) is 29.0. The molecule has 7 heteroatoms. The van der Waals surface area contributed by atoms with Gasteiger partial charge >= 0.3 is 5.97 Å². The second-order valence-corrected chi connectivity index (χ2v) is 14.1. The number of thioether (sulfide) groups is 1. The number of esters is 1. The van der Waals surface area contributed by atoms with Crippen LogP contribution in [0.4, 0.5) is 0 Å². The van der Waals surface area contributed by atoms with Crippen molar-refractivity contribution in [2.45, 2.75) is 30.0 Å². The number of ether oxygens (including phenoxy) is 1. The smallest absolute Gasteiger partial charge is 0.356 e. The van der Waals surface area contributed by atoms with Gasteiger partial charge in [0.25, 0.3) is 0 Å². The first kappa shape index (κ1) is 34.1. The minimum Gasteiger partial charge on any atom is -0.448 e. The Bertz CT molecular complexity index is 1900. The fraction of sp³-hybridized carbons (Fsp3) is 0.182. The van der Waals surface area contributed by atoms with Crippen molar-refractivity contribution in [3.05, 3.63) is 203 Å². The number of carbonyl (C=O) groups excluding carboxylic acids is 2. The van der Waals surface area contributed by atoms with Gasteiger partial charge in [-0.3, -0.25) is 15.0 Å². The average molecular weight is 692 g/mol. The number of allylic oxidation sites excluding steroid dienone is 2. The Balaban J connectivity index is 1.29. The number of hydrogen-bond acceptors (Lipinski definition) is 6. The van der Waals surface area contributed by atoms with Crippen molar-refractivity contribution < 1.29 is 14.3 Å². The number of hydrogen-bond donors (Lipinski definition) is 1. The summed E-state index contributed by atoms with van der Waals surface area (Å²) in [5.74, 6) is -0.155. The summed E-state index contributed by atoms with van der Waals surface area (Å²) < 4.78 is 6.42. The summed E-state index contributed by atoms with van der Waals surface area (Å²) in [6, 6.07) is 49.7. The molecule has 2 aliphatic rings. The fourth-order valence-corrected chi connectivity index (χ4v) is 8.22. The minimum atomic E-state index is -0.839. The van der Waals surface area contributed by atoms with Crippen LogP contribution in [0.3, 0.4) is 0 Å². The molecule has 2 unspecified atom stereocenters. The summed E-state index contributed by atoms with van der Waals surface area (Å²) >= 11 is 1.66. The Morgan fingerprint density at radius 3 is 1.63 bits per heavy atom. The third kappa shape index (κ3) is 6.63. The molecule has 2 heterocycles. The third-order valence-electron chi connectivity index (χ3n) is 9.70. The van der Waals surface area contributed by atoms with Crippen LogP contribution in [0.1, 0.15) is 40.8 Å². The number of rotatable bonds is 11. The second kappa shape index (κ2) is 14.9. The number of nitrogens with zero attached hydrogens (tertiary/aromatic N) is 2. The Morgan fingerprint density at radius 2 is 1.20 bits per heavy atom. The van der Waals surface area contributed by atoms with Crippen LogP contribution in [-0.2, 0) is 19.9 Å². The van der Waals surface area contributed by atoms with E-state index < -0.39 is 23.7 Å². The van der Waals surface area contributed by atoms with Crippen molar-refractivity contribution >= 4 is 23.6 Å². The van der Waals surface area contributed by atoms with Gasteiger partial charge in [0.1, 0.15) is 17.1 Å². The van der Waals surface area contributed by atoms with Crippen LogP contribution in [0.5, 0.6) is 0 Å². The lowest BCUT2D eigenvalue weighted by Crippen LogP contribution is -2.72. The molecule has 1 saturated heterocycles. The van der Waals surface area contributed by atoms with Crippen molar-refractivity contribution in [1.29, 1.82) is 0 Å². The van der Waals surface area contributed by atoms with Gasteiger partial charge in [0.2, 0.25) is 5.91 Å². The topological polar surface area (TPSA) is 61.9 Å². The van der Waals surface area contributed by atoms with Crippen LogP contribution in [0.25, 0.3) is 0 Å². The van der Waals surface area contributed by atoms with Crippen molar-refractivity contribution in [3.63, 3.8) is 0 Å². The van der Waals surface area contributed by atoms with E-state index in [1.54, 1.807) is 16.7 Å². The maximum Gasteiger partial charge on any atom is 0.356 e. The highest BCUT2D eigenvalue weighted by molar-refractivity contribution is 8.00. The molecule has 0 spiro atoms. The zero-order chi connectivity index (χ0) is 35.4. The van der Waals surface area contributed by atoms with Gasteiger partial charge in [-0.2, -0.15) is 0 Å². The Kier molecular flexibility index (Phi) is 9.93. The van der Waals surface area contributed by atoms with Gasteiger partial charge in [0, 0.05) is 25.5 Å². The van der Waals surface area contributed by atoms with Gasteiger partial charge < -0.3 is 9.64 Å². The molecular weight excluding hydrogens is 651 g/mol. The molecule has 0 aromatic heterocycles. The zero-order valence-corrected chi connectivity index (χ0v) is 29.8. The first-order valence-corrected chi connectivity index (χ1v) is 18.2. The quantitative estimate of drug-likeness (QED) is 0.0864. The molecule has 1 amide bonds. The van der Waals surface area contributed by atoms with Crippen LogP contribution < -0.4 is 5.32 Å². The van der Waals surface area contributed by atoms with Crippen LogP contribution >= 0.6 is 11.8 Å². The number of benzene rings is 5. The maximum absolute atomic E-state index is 14.7. The Hall–Kier alpha value is -5.37. The normalized spacial score (nSPS) is 17.5. The molecule has 0 saturated carbocycles. The van der Waals surface area contributed by atoms with E-state index in [0.717, 1.165) is 39.1 Å². The molecule has 1 fully saturated rings. The predicted octanol–water partition coefficient (Wildman–Crippen LogP) is 7.90. The van der Waals surface area contributed by atoms with Gasteiger partial charge in [-0.05, 0) is 46.4 Å². The van der Waals surface area contributed by atoms with Gasteiger partial charge in [0.05, 0.1) is 5.54 Å². The molecule has 7 rings (SSSR count). The molecule has 0 bridgehead atoms. The largest absolute Gasteiger partial charge is 0.448 e. The number of carbonyl (C=O) groups is 2. The SMILES string of the molecule is C/C(=C\C1=C(C(=O)OC(c2ccccc2)c2ccccc2)N2C(=O)C(NC(c3ccccc3)(c3ccccc3)c3ccccc3)C2SC1)N(C)C. The molecule has 51 heavy (non-hydrogen) atoms. The Morgan fingerprint density at radius 1 is 0.765 bits per heavy atom. The maximum atomic E-state index is 14.7. The van der Waals surface area contributed by atoms with E-state index in [1.165, 1.54) is 0 Å². The summed E-state index contributed by atoms with van der Waals surface area (Å²) in [6.07, 6.45) is 1.35. The van der Waals surface area contributed by atoms with Gasteiger partial charge in [0.15, 0.2) is 6.10 Å². The van der Waals surface area contributed by atoms with Crippen molar-refractivity contribution in [3.8, 4) is 0 Å². The van der Waals surface area contributed by atoms with Crippen LogP contribution in [-0.4, -0.2) is 52.9 Å². The fourth-order valence-electron chi connectivity index (χ4n) is 6.92. The van der Waals surface area contributed by atoms with Crippen molar-refractivity contribution in [2.24, 2.45) is 0 Å². The van der Waals surface area contributed by atoms with Gasteiger partial charge in [-0.25, -0.2) is 4.79 Å². The molecular formula is C44H41N3O3S. The molecule has 6 nitrogen and oxygen atoms in total. The molecule has 256 valence electrons. The van der Waals surface area contributed by atoms with E-state index >= 15 is 0 Å².